The third-order valence-electron chi connectivity index (χ3n) is 6.97. The van der Waals surface area contributed by atoms with Crippen molar-refractivity contribution in [2.45, 2.75) is 38.5 Å². The van der Waals surface area contributed by atoms with Crippen LogP contribution in [0.15, 0.2) is 28.7 Å². The summed E-state index contributed by atoms with van der Waals surface area (Å²) in [7, 11) is 0. The van der Waals surface area contributed by atoms with Gasteiger partial charge in [-0.2, -0.15) is 4.98 Å². The second-order valence-corrected chi connectivity index (χ2v) is 8.86. The van der Waals surface area contributed by atoms with E-state index in [0.29, 0.717) is 25.0 Å². The van der Waals surface area contributed by atoms with Gasteiger partial charge in [0.25, 0.3) is 6.01 Å². The van der Waals surface area contributed by atoms with Crippen molar-refractivity contribution in [2.24, 2.45) is 11.8 Å². The Bertz CT molecular complexity index is 871. The minimum Gasteiger partial charge on any atom is -0.423 e. The Balaban J connectivity index is 1.12. The molecule has 2 aromatic rings. The predicted molar refractivity (Wildman–Crippen MR) is 114 cm³/mol. The molecule has 3 aliphatic heterocycles. The lowest BCUT2D eigenvalue weighted by atomic mass is 9.91. The lowest BCUT2D eigenvalue weighted by molar-refractivity contribution is -0.142. The van der Waals surface area contributed by atoms with E-state index in [1.54, 1.807) is 0 Å². The Labute approximate surface area is 177 Å². The van der Waals surface area contributed by atoms with Crippen LogP contribution in [0.2, 0.25) is 0 Å². The summed E-state index contributed by atoms with van der Waals surface area (Å²) in [5.41, 5.74) is 1.68. The molecule has 1 aromatic heterocycles. The number of oxazole rings is 1. The summed E-state index contributed by atoms with van der Waals surface area (Å²) in [4.78, 5) is 36.4. The fourth-order valence-corrected chi connectivity index (χ4v) is 5.11. The van der Waals surface area contributed by atoms with Crippen molar-refractivity contribution in [2.75, 3.05) is 44.2 Å². The largest absolute Gasteiger partial charge is 0.423 e. The summed E-state index contributed by atoms with van der Waals surface area (Å²) in [5.74, 6) is 0.746. The minimum absolute atomic E-state index is 0.0662. The summed E-state index contributed by atoms with van der Waals surface area (Å²) < 4.78 is 5.88. The number of carbonyl (C=O) groups excluding carboxylic acids is 2. The van der Waals surface area contributed by atoms with E-state index >= 15 is 0 Å². The Morgan fingerprint density at radius 1 is 0.800 bits per heavy atom. The summed E-state index contributed by atoms with van der Waals surface area (Å²) in [5, 5.41) is 0. The van der Waals surface area contributed by atoms with E-state index in [4.69, 9.17) is 4.42 Å². The van der Waals surface area contributed by atoms with Crippen molar-refractivity contribution in [1.29, 1.82) is 0 Å². The molecule has 0 N–H and O–H groups in total. The number of nitrogens with zero attached hydrogens (tertiary/aromatic N) is 4. The van der Waals surface area contributed by atoms with E-state index in [2.05, 4.69) is 9.88 Å². The number of amides is 2. The molecule has 5 rings (SSSR count). The number of para-hydroxylation sites is 2. The van der Waals surface area contributed by atoms with Gasteiger partial charge in [0.15, 0.2) is 5.58 Å². The molecule has 2 amide bonds. The molecule has 0 saturated carbocycles. The van der Waals surface area contributed by atoms with Crippen molar-refractivity contribution in [3.63, 3.8) is 0 Å². The molecule has 7 nitrogen and oxygen atoms in total. The van der Waals surface area contributed by atoms with Crippen molar-refractivity contribution in [3.05, 3.63) is 24.3 Å². The highest BCUT2D eigenvalue weighted by Crippen LogP contribution is 2.29. The molecule has 0 radical (unpaired) electrons. The van der Waals surface area contributed by atoms with E-state index in [1.165, 1.54) is 0 Å². The van der Waals surface area contributed by atoms with Gasteiger partial charge in [-0.25, -0.2) is 0 Å². The molecular weight excluding hydrogens is 380 g/mol. The van der Waals surface area contributed by atoms with Gasteiger partial charge in [0.2, 0.25) is 11.8 Å². The fraction of sp³-hybridized carbons (Fsp3) is 0.609. The molecule has 30 heavy (non-hydrogen) atoms. The summed E-state index contributed by atoms with van der Waals surface area (Å²) in [6.07, 6.45) is 5.52. The van der Waals surface area contributed by atoms with Gasteiger partial charge in [0.05, 0.1) is 0 Å². The van der Waals surface area contributed by atoms with Gasteiger partial charge < -0.3 is 19.1 Å². The number of piperidine rings is 2. The van der Waals surface area contributed by atoms with Crippen LogP contribution in [0.3, 0.4) is 0 Å². The van der Waals surface area contributed by atoms with E-state index in [0.717, 1.165) is 75.8 Å². The number of hydrogen-bond donors (Lipinski definition) is 0. The molecule has 160 valence electrons. The van der Waals surface area contributed by atoms with Crippen molar-refractivity contribution in [3.8, 4) is 0 Å². The molecule has 3 aliphatic rings. The molecular formula is C23H30N4O3. The fourth-order valence-electron chi connectivity index (χ4n) is 5.11. The number of rotatable bonds is 3. The Morgan fingerprint density at radius 2 is 1.37 bits per heavy atom. The molecule has 0 aliphatic carbocycles. The lowest BCUT2D eigenvalue weighted by Crippen LogP contribution is -2.47. The molecule has 0 spiro atoms. The van der Waals surface area contributed by atoms with Gasteiger partial charge in [-0.05, 0) is 50.7 Å². The maximum Gasteiger partial charge on any atom is 0.298 e. The van der Waals surface area contributed by atoms with E-state index in [9.17, 15) is 9.59 Å². The van der Waals surface area contributed by atoms with Crippen LogP contribution >= 0.6 is 0 Å². The Morgan fingerprint density at radius 3 is 2.00 bits per heavy atom. The van der Waals surface area contributed by atoms with Crippen molar-refractivity contribution >= 4 is 28.9 Å². The number of anilines is 1. The highest BCUT2D eigenvalue weighted by atomic mass is 16.4. The minimum atomic E-state index is 0.0662. The second-order valence-electron chi connectivity index (χ2n) is 8.86. The summed E-state index contributed by atoms with van der Waals surface area (Å²) >= 11 is 0. The number of aromatic nitrogens is 1. The summed E-state index contributed by atoms with van der Waals surface area (Å²) in [6, 6.07) is 8.45. The first kappa shape index (κ1) is 19.4. The zero-order valence-electron chi connectivity index (χ0n) is 17.5. The first-order valence-corrected chi connectivity index (χ1v) is 11.4. The summed E-state index contributed by atoms with van der Waals surface area (Å²) in [6.45, 7) is 4.83. The van der Waals surface area contributed by atoms with Crippen LogP contribution in [0.4, 0.5) is 6.01 Å². The normalized spacial score (nSPS) is 21.5. The van der Waals surface area contributed by atoms with Crippen molar-refractivity contribution in [1.82, 2.24) is 14.8 Å². The molecule has 0 unspecified atom stereocenters. The number of benzene rings is 1. The maximum absolute atomic E-state index is 13.0. The molecule has 4 heterocycles. The van der Waals surface area contributed by atoms with Crippen molar-refractivity contribution < 1.29 is 14.0 Å². The molecule has 7 heteroatoms. The quantitative estimate of drug-likeness (QED) is 0.778. The van der Waals surface area contributed by atoms with Gasteiger partial charge >= 0.3 is 0 Å². The van der Waals surface area contributed by atoms with Gasteiger partial charge in [0, 0.05) is 51.1 Å². The van der Waals surface area contributed by atoms with Crippen LogP contribution in [0.25, 0.3) is 11.1 Å². The Kier molecular flexibility index (Phi) is 5.35. The average Bonchev–Trinajstić information content (AvgIpc) is 3.48. The number of fused-ring (bicyclic) bond motifs is 1. The number of likely N-dealkylation sites (tertiary alicyclic amines) is 2. The molecule has 3 saturated heterocycles. The van der Waals surface area contributed by atoms with Gasteiger partial charge in [-0.3, -0.25) is 9.59 Å². The molecule has 1 aromatic carbocycles. The monoisotopic (exact) mass is 410 g/mol. The zero-order chi connectivity index (χ0) is 20.5. The maximum atomic E-state index is 13.0. The molecule has 3 fully saturated rings. The number of hydrogen-bond acceptors (Lipinski definition) is 5. The van der Waals surface area contributed by atoms with Crippen LogP contribution in [-0.2, 0) is 9.59 Å². The predicted octanol–water partition coefficient (Wildman–Crippen LogP) is 2.91. The van der Waals surface area contributed by atoms with Crippen LogP contribution in [0.5, 0.6) is 0 Å². The number of carbonyl (C=O) groups is 2. The molecule has 0 atom stereocenters. The standard InChI is InChI=1S/C23H30N4O3/c28-21(25-11-3-4-12-25)17-7-13-26(14-8-17)22(29)18-9-15-27(16-10-18)23-24-19-5-1-2-6-20(19)30-23/h1-2,5-6,17-18H,3-4,7-16H2. The lowest BCUT2D eigenvalue weighted by Gasteiger charge is -2.37. The SMILES string of the molecule is O=C(C1CCN(C(=O)C2CCN(c3nc4ccccc4o3)CC2)CC1)N1CCCC1. The van der Waals surface area contributed by atoms with Crippen LogP contribution in [0.1, 0.15) is 38.5 Å². The second kappa shape index (κ2) is 8.28. The van der Waals surface area contributed by atoms with E-state index in [1.807, 2.05) is 34.1 Å². The first-order chi connectivity index (χ1) is 14.7. The smallest absolute Gasteiger partial charge is 0.298 e. The van der Waals surface area contributed by atoms with Crippen LogP contribution in [0, 0.1) is 11.8 Å². The molecule has 0 bridgehead atoms. The third-order valence-corrected chi connectivity index (χ3v) is 6.97. The van der Waals surface area contributed by atoms with Crippen LogP contribution in [-0.4, -0.2) is 65.9 Å². The van der Waals surface area contributed by atoms with Crippen LogP contribution < -0.4 is 4.90 Å². The highest BCUT2D eigenvalue weighted by Gasteiger charge is 2.34. The topological polar surface area (TPSA) is 69.9 Å². The van der Waals surface area contributed by atoms with E-state index < -0.39 is 0 Å². The average molecular weight is 411 g/mol. The highest BCUT2D eigenvalue weighted by molar-refractivity contribution is 5.81. The first-order valence-electron chi connectivity index (χ1n) is 11.4. The zero-order valence-corrected chi connectivity index (χ0v) is 17.5. The van der Waals surface area contributed by atoms with Gasteiger partial charge in [-0.1, -0.05) is 12.1 Å². The van der Waals surface area contributed by atoms with E-state index in [-0.39, 0.29) is 17.7 Å². The Hall–Kier alpha value is -2.57. The van der Waals surface area contributed by atoms with Gasteiger partial charge in [0.1, 0.15) is 5.52 Å². The van der Waals surface area contributed by atoms with Gasteiger partial charge in [-0.15, -0.1) is 0 Å². The third kappa shape index (κ3) is 3.77.